The van der Waals surface area contributed by atoms with Gasteiger partial charge < -0.3 is 9.84 Å². The maximum Gasteiger partial charge on any atom is 0.0697 e. The molecule has 0 spiro atoms. The van der Waals surface area contributed by atoms with Crippen molar-refractivity contribution in [1.29, 1.82) is 0 Å². The van der Waals surface area contributed by atoms with Crippen molar-refractivity contribution in [3.63, 3.8) is 0 Å². The van der Waals surface area contributed by atoms with Gasteiger partial charge in [-0.2, -0.15) is 0 Å². The fourth-order valence-electron chi connectivity index (χ4n) is 3.63. The quantitative estimate of drug-likeness (QED) is 0.186. The summed E-state index contributed by atoms with van der Waals surface area (Å²) in [6.45, 7) is 3.76. The molecule has 158 valence electrons. The Kier molecular flexibility index (Phi) is 24.8. The predicted octanol–water partition coefficient (Wildman–Crippen LogP) is 7.82. The first-order valence-electron chi connectivity index (χ1n) is 12.1. The molecule has 0 fully saturated rings. The molecule has 0 aliphatic heterocycles. The SMILES string of the molecule is CCCCCCCCCCCCCCCCCCCCCCOCCO. The maximum atomic E-state index is 8.61. The number of aliphatic hydroxyl groups excluding tert-OH is 1. The third kappa shape index (κ3) is 23.9. The number of ether oxygens (including phenoxy) is 1. The zero-order valence-corrected chi connectivity index (χ0v) is 18.1. The van der Waals surface area contributed by atoms with E-state index in [1.54, 1.807) is 0 Å². The van der Waals surface area contributed by atoms with Gasteiger partial charge in [-0.3, -0.25) is 0 Å². The van der Waals surface area contributed by atoms with Crippen molar-refractivity contribution in [2.24, 2.45) is 0 Å². The van der Waals surface area contributed by atoms with Gasteiger partial charge in [0, 0.05) is 6.61 Å². The van der Waals surface area contributed by atoms with E-state index in [9.17, 15) is 0 Å². The molecular formula is C24H50O2. The van der Waals surface area contributed by atoms with Crippen molar-refractivity contribution >= 4 is 0 Å². The first-order chi connectivity index (χ1) is 12.9. The van der Waals surface area contributed by atoms with E-state index in [2.05, 4.69) is 6.92 Å². The highest BCUT2D eigenvalue weighted by molar-refractivity contribution is 4.50. The molecule has 0 saturated heterocycles. The molecule has 1 N–H and O–H groups in total. The van der Waals surface area contributed by atoms with Crippen LogP contribution in [0.2, 0.25) is 0 Å². The summed E-state index contributed by atoms with van der Waals surface area (Å²) in [6.07, 6.45) is 28.4. The molecule has 0 aromatic rings. The molecule has 0 aliphatic rings. The van der Waals surface area contributed by atoms with Crippen molar-refractivity contribution < 1.29 is 9.84 Å². The van der Waals surface area contributed by atoms with Gasteiger partial charge in [0.1, 0.15) is 0 Å². The Morgan fingerprint density at radius 2 is 0.731 bits per heavy atom. The summed E-state index contributed by atoms with van der Waals surface area (Å²) in [5.41, 5.74) is 0. The Balaban J connectivity index is 2.95. The molecule has 0 amide bonds. The van der Waals surface area contributed by atoms with Crippen LogP contribution in [0.3, 0.4) is 0 Å². The van der Waals surface area contributed by atoms with Crippen LogP contribution in [-0.4, -0.2) is 24.9 Å². The molecular weight excluding hydrogens is 320 g/mol. The van der Waals surface area contributed by atoms with Gasteiger partial charge >= 0.3 is 0 Å². The average Bonchev–Trinajstić information content (AvgIpc) is 2.66. The van der Waals surface area contributed by atoms with E-state index in [0.717, 1.165) is 13.0 Å². The van der Waals surface area contributed by atoms with Crippen LogP contribution < -0.4 is 0 Å². The summed E-state index contributed by atoms with van der Waals surface area (Å²) < 4.78 is 5.27. The molecule has 26 heavy (non-hydrogen) atoms. The second kappa shape index (κ2) is 24.9. The Morgan fingerprint density at radius 1 is 0.423 bits per heavy atom. The summed E-state index contributed by atoms with van der Waals surface area (Å²) in [5.74, 6) is 0. The number of hydrogen-bond acceptors (Lipinski definition) is 2. The fraction of sp³-hybridized carbons (Fsp3) is 1.00. The zero-order valence-electron chi connectivity index (χ0n) is 18.1. The van der Waals surface area contributed by atoms with Crippen LogP contribution in [0.5, 0.6) is 0 Å². The summed E-state index contributed by atoms with van der Waals surface area (Å²) >= 11 is 0. The van der Waals surface area contributed by atoms with Crippen molar-refractivity contribution in [3.05, 3.63) is 0 Å². The lowest BCUT2D eigenvalue weighted by molar-refractivity contribution is 0.0895. The Labute approximate surface area is 165 Å². The lowest BCUT2D eigenvalue weighted by Gasteiger charge is -2.04. The van der Waals surface area contributed by atoms with Gasteiger partial charge in [0.25, 0.3) is 0 Å². The lowest BCUT2D eigenvalue weighted by atomic mass is 10.0. The highest BCUT2D eigenvalue weighted by Crippen LogP contribution is 2.14. The van der Waals surface area contributed by atoms with Crippen LogP contribution in [0.25, 0.3) is 0 Å². The van der Waals surface area contributed by atoms with E-state index in [0.29, 0.717) is 6.61 Å². The normalized spacial score (nSPS) is 11.3. The predicted molar refractivity (Wildman–Crippen MR) is 116 cm³/mol. The molecule has 0 aromatic heterocycles. The topological polar surface area (TPSA) is 29.5 Å². The molecule has 0 aromatic carbocycles. The highest BCUT2D eigenvalue weighted by atomic mass is 16.5. The zero-order chi connectivity index (χ0) is 19.0. The lowest BCUT2D eigenvalue weighted by Crippen LogP contribution is -2.00. The molecule has 0 heterocycles. The maximum absolute atomic E-state index is 8.61. The van der Waals surface area contributed by atoms with E-state index in [1.165, 1.54) is 122 Å². The van der Waals surface area contributed by atoms with Crippen molar-refractivity contribution in [1.82, 2.24) is 0 Å². The van der Waals surface area contributed by atoms with Gasteiger partial charge in [-0.15, -0.1) is 0 Å². The molecule has 0 saturated carbocycles. The minimum Gasteiger partial charge on any atom is -0.394 e. The third-order valence-corrected chi connectivity index (χ3v) is 5.38. The van der Waals surface area contributed by atoms with Crippen LogP contribution >= 0.6 is 0 Å². The Hall–Kier alpha value is -0.0800. The molecule has 2 nitrogen and oxygen atoms in total. The molecule has 0 atom stereocenters. The minimum absolute atomic E-state index is 0.152. The third-order valence-electron chi connectivity index (χ3n) is 5.38. The first kappa shape index (κ1) is 25.9. The molecule has 0 bridgehead atoms. The molecule has 2 heteroatoms. The Morgan fingerprint density at radius 3 is 1.04 bits per heavy atom. The Bertz CT molecular complexity index is 206. The smallest absolute Gasteiger partial charge is 0.0697 e. The average molecular weight is 371 g/mol. The van der Waals surface area contributed by atoms with Crippen molar-refractivity contribution in [2.75, 3.05) is 19.8 Å². The second-order valence-corrected chi connectivity index (χ2v) is 8.05. The van der Waals surface area contributed by atoms with E-state index in [4.69, 9.17) is 9.84 Å². The van der Waals surface area contributed by atoms with Gasteiger partial charge in [-0.25, -0.2) is 0 Å². The van der Waals surface area contributed by atoms with Gasteiger partial charge in [0.05, 0.1) is 13.2 Å². The van der Waals surface area contributed by atoms with E-state index in [-0.39, 0.29) is 6.61 Å². The largest absolute Gasteiger partial charge is 0.394 e. The number of hydrogen-bond donors (Lipinski definition) is 1. The standard InChI is InChI=1S/C24H50O2/c1-2-3-4-5-6-7-8-9-10-11-12-13-14-15-16-17-18-19-20-21-23-26-24-22-25/h25H,2-24H2,1H3. The fourth-order valence-corrected chi connectivity index (χ4v) is 3.63. The summed E-state index contributed by atoms with van der Waals surface area (Å²) in [7, 11) is 0. The number of rotatable bonds is 23. The van der Waals surface area contributed by atoms with Gasteiger partial charge in [0.2, 0.25) is 0 Å². The van der Waals surface area contributed by atoms with Crippen LogP contribution in [0, 0.1) is 0 Å². The van der Waals surface area contributed by atoms with Crippen LogP contribution in [0.4, 0.5) is 0 Å². The van der Waals surface area contributed by atoms with Crippen LogP contribution in [-0.2, 0) is 4.74 Å². The number of unbranched alkanes of at least 4 members (excludes halogenated alkanes) is 19. The van der Waals surface area contributed by atoms with Crippen molar-refractivity contribution in [2.45, 2.75) is 135 Å². The van der Waals surface area contributed by atoms with Gasteiger partial charge in [-0.05, 0) is 6.42 Å². The van der Waals surface area contributed by atoms with Gasteiger partial charge in [-0.1, -0.05) is 129 Å². The second-order valence-electron chi connectivity index (χ2n) is 8.05. The van der Waals surface area contributed by atoms with Crippen molar-refractivity contribution in [3.8, 4) is 0 Å². The highest BCUT2D eigenvalue weighted by Gasteiger charge is 1.95. The summed E-state index contributed by atoms with van der Waals surface area (Å²) in [6, 6.07) is 0. The molecule has 0 radical (unpaired) electrons. The van der Waals surface area contributed by atoms with E-state index in [1.807, 2.05) is 0 Å². The monoisotopic (exact) mass is 370 g/mol. The van der Waals surface area contributed by atoms with Gasteiger partial charge in [0.15, 0.2) is 0 Å². The summed E-state index contributed by atoms with van der Waals surface area (Å²) in [5, 5.41) is 8.61. The summed E-state index contributed by atoms with van der Waals surface area (Å²) in [4.78, 5) is 0. The first-order valence-corrected chi connectivity index (χ1v) is 12.1. The minimum atomic E-state index is 0.152. The van der Waals surface area contributed by atoms with E-state index < -0.39 is 0 Å². The van der Waals surface area contributed by atoms with Crippen LogP contribution in [0.1, 0.15) is 135 Å². The van der Waals surface area contributed by atoms with Crippen LogP contribution in [0.15, 0.2) is 0 Å². The number of aliphatic hydroxyl groups is 1. The molecule has 0 aliphatic carbocycles. The van der Waals surface area contributed by atoms with E-state index >= 15 is 0 Å². The molecule has 0 rings (SSSR count). The molecule has 0 unspecified atom stereocenters.